The molecule has 2 rings (SSSR count). The standard InChI is InChI=1S/C12H18N6O3/c1-3-21-10(20)9-14-11(13)16-12(15-9)18-6-4-17(5-7-18)8(2)19/h3-7H2,1-2H3,(H2,13,14,15,16). The summed E-state index contributed by atoms with van der Waals surface area (Å²) in [6, 6.07) is 0. The summed E-state index contributed by atoms with van der Waals surface area (Å²) in [4.78, 5) is 38.5. The molecule has 0 aliphatic carbocycles. The van der Waals surface area contributed by atoms with E-state index in [2.05, 4.69) is 15.0 Å². The maximum Gasteiger partial charge on any atom is 0.376 e. The fourth-order valence-corrected chi connectivity index (χ4v) is 2.03. The molecule has 1 aromatic rings. The number of nitrogens with zero attached hydrogens (tertiary/aromatic N) is 5. The normalized spacial score (nSPS) is 15.0. The molecule has 1 fully saturated rings. The molecule has 0 unspecified atom stereocenters. The molecule has 9 nitrogen and oxygen atoms in total. The van der Waals surface area contributed by atoms with E-state index in [9.17, 15) is 9.59 Å². The second kappa shape index (κ2) is 6.33. The van der Waals surface area contributed by atoms with Gasteiger partial charge >= 0.3 is 5.97 Å². The fourth-order valence-electron chi connectivity index (χ4n) is 2.03. The van der Waals surface area contributed by atoms with Crippen molar-refractivity contribution in [3.8, 4) is 0 Å². The summed E-state index contributed by atoms with van der Waals surface area (Å²) in [7, 11) is 0. The van der Waals surface area contributed by atoms with E-state index in [4.69, 9.17) is 10.5 Å². The first-order chi connectivity index (χ1) is 10.0. The first-order valence-corrected chi connectivity index (χ1v) is 6.70. The van der Waals surface area contributed by atoms with Crippen molar-refractivity contribution in [1.29, 1.82) is 0 Å². The van der Waals surface area contributed by atoms with Gasteiger partial charge < -0.3 is 20.3 Å². The van der Waals surface area contributed by atoms with E-state index < -0.39 is 5.97 Å². The van der Waals surface area contributed by atoms with E-state index in [0.717, 1.165) is 0 Å². The summed E-state index contributed by atoms with van der Waals surface area (Å²) in [5.41, 5.74) is 5.61. The molecule has 0 aromatic carbocycles. The van der Waals surface area contributed by atoms with Crippen LogP contribution in [0.3, 0.4) is 0 Å². The molecule has 1 aliphatic rings. The molecule has 0 bridgehead atoms. The quantitative estimate of drug-likeness (QED) is 0.728. The Morgan fingerprint density at radius 3 is 2.43 bits per heavy atom. The number of amides is 1. The molecule has 1 saturated heterocycles. The number of esters is 1. The van der Waals surface area contributed by atoms with Crippen LogP contribution in [-0.2, 0) is 9.53 Å². The summed E-state index contributed by atoms with van der Waals surface area (Å²) in [6.45, 7) is 5.78. The van der Waals surface area contributed by atoms with Crippen LogP contribution in [0.2, 0.25) is 0 Å². The van der Waals surface area contributed by atoms with Gasteiger partial charge in [0.25, 0.3) is 0 Å². The van der Waals surface area contributed by atoms with E-state index >= 15 is 0 Å². The number of hydrogen-bond acceptors (Lipinski definition) is 8. The van der Waals surface area contributed by atoms with Gasteiger partial charge in [0.1, 0.15) is 0 Å². The van der Waals surface area contributed by atoms with Crippen LogP contribution in [0.5, 0.6) is 0 Å². The Balaban J connectivity index is 2.13. The predicted molar refractivity (Wildman–Crippen MR) is 74.7 cm³/mol. The van der Waals surface area contributed by atoms with Crippen molar-refractivity contribution in [2.24, 2.45) is 0 Å². The summed E-state index contributed by atoms with van der Waals surface area (Å²) in [5.74, 6) is -0.397. The lowest BCUT2D eigenvalue weighted by Crippen LogP contribution is -2.48. The highest BCUT2D eigenvalue weighted by Crippen LogP contribution is 2.13. The Morgan fingerprint density at radius 1 is 1.19 bits per heavy atom. The molecule has 2 N–H and O–H groups in total. The summed E-state index contributed by atoms with van der Waals surface area (Å²) in [6.07, 6.45) is 0. The third kappa shape index (κ3) is 3.56. The largest absolute Gasteiger partial charge is 0.460 e. The van der Waals surface area contributed by atoms with Gasteiger partial charge in [-0.1, -0.05) is 0 Å². The van der Waals surface area contributed by atoms with Crippen molar-refractivity contribution in [3.63, 3.8) is 0 Å². The molecule has 1 aromatic heterocycles. The van der Waals surface area contributed by atoms with Gasteiger partial charge in [0.05, 0.1) is 6.61 Å². The average molecular weight is 294 g/mol. The zero-order valence-electron chi connectivity index (χ0n) is 12.1. The average Bonchev–Trinajstić information content (AvgIpc) is 2.47. The number of carbonyl (C=O) groups is 2. The smallest absolute Gasteiger partial charge is 0.376 e. The molecular weight excluding hydrogens is 276 g/mol. The Labute approximate surface area is 122 Å². The fraction of sp³-hybridized carbons (Fsp3) is 0.583. The van der Waals surface area contributed by atoms with Crippen molar-refractivity contribution < 1.29 is 14.3 Å². The van der Waals surface area contributed by atoms with Gasteiger partial charge in [0, 0.05) is 33.1 Å². The van der Waals surface area contributed by atoms with Crippen LogP contribution >= 0.6 is 0 Å². The second-order valence-corrected chi connectivity index (χ2v) is 4.53. The SMILES string of the molecule is CCOC(=O)c1nc(N)nc(N2CCN(C(C)=O)CC2)n1. The number of nitrogens with two attached hydrogens (primary N) is 1. The van der Waals surface area contributed by atoms with Crippen molar-refractivity contribution >= 4 is 23.8 Å². The van der Waals surface area contributed by atoms with Gasteiger partial charge in [0.2, 0.25) is 23.6 Å². The van der Waals surface area contributed by atoms with E-state index in [-0.39, 0.29) is 24.3 Å². The highest BCUT2D eigenvalue weighted by Gasteiger charge is 2.22. The minimum atomic E-state index is -0.629. The van der Waals surface area contributed by atoms with Crippen molar-refractivity contribution in [2.75, 3.05) is 43.4 Å². The topological polar surface area (TPSA) is 115 Å². The molecule has 0 atom stereocenters. The number of rotatable bonds is 3. The number of aromatic nitrogens is 3. The zero-order valence-corrected chi connectivity index (χ0v) is 12.1. The Kier molecular flexibility index (Phi) is 4.51. The Bertz CT molecular complexity index is 542. The lowest BCUT2D eigenvalue weighted by Gasteiger charge is -2.34. The van der Waals surface area contributed by atoms with E-state index in [1.807, 2.05) is 4.90 Å². The third-order valence-electron chi connectivity index (χ3n) is 3.11. The lowest BCUT2D eigenvalue weighted by atomic mass is 10.3. The second-order valence-electron chi connectivity index (χ2n) is 4.53. The summed E-state index contributed by atoms with van der Waals surface area (Å²) in [5, 5.41) is 0. The first-order valence-electron chi connectivity index (χ1n) is 6.70. The van der Waals surface area contributed by atoms with Gasteiger partial charge in [-0.15, -0.1) is 0 Å². The van der Waals surface area contributed by atoms with Crippen LogP contribution in [0.15, 0.2) is 0 Å². The summed E-state index contributed by atoms with van der Waals surface area (Å²) < 4.78 is 4.86. The number of ether oxygens (including phenoxy) is 1. The highest BCUT2D eigenvalue weighted by molar-refractivity contribution is 5.85. The van der Waals surface area contributed by atoms with Crippen LogP contribution < -0.4 is 10.6 Å². The molecule has 1 amide bonds. The third-order valence-corrected chi connectivity index (χ3v) is 3.11. The maximum absolute atomic E-state index is 11.7. The van der Waals surface area contributed by atoms with Crippen LogP contribution in [0.25, 0.3) is 0 Å². The first kappa shape index (κ1) is 14.9. The van der Waals surface area contributed by atoms with Gasteiger partial charge in [-0.2, -0.15) is 15.0 Å². The number of anilines is 2. The number of nitrogen functional groups attached to an aromatic ring is 1. The predicted octanol–water partition coefficient (Wildman–Crippen LogP) is -0.701. The molecule has 21 heavy (non-hydrogen) atoms. The van der Waals surface area contributed by atoms with Crippen molar-refractivity contribution in [3.05, 3.63) is 5.82 Å². The zero-order chi connectivity index (χ0) is 15.4. The van der Waals surface area contributed by atoms with Crippen LogP contribution in [-0.4, -0.2) is 64.5 Å². The van der Waals surface area contributed by atoms with E-state index in [1.165, 1.54) is 6.92 Å². The highest BCUT2D eigenvalue weighted by atomic mass is 16.5. The molecule has 9 heteroatoms. The van der Waals surface area contributed by atoms with Crippen molar-refractivity contribution in [2.45, 2.75) is 13.8 Å². The number of carbonyl (C=O) groups excluding carboxylic acids is 2. The monoisotopic (exact) mass is 294 g/mol. The minimum absolute atomic E-state index is 0.0305. The molecule has 0 saturated carbocycles. The van der Waals surface area contributed by atoms with E-state index in [0.29, 0.717) is 32.1 Å². The number of hydrogen-bond donors (Lipinski definition) is 1. The molecule has 2 heterocycles. The Hall–Kier alpha value is -2.45. The number of piperazine rings is 1. The van der Waals surface area contributed by atoms with Crippen LogP contribution in [0.4, 0.5) is 11.9 Å². The van der Waals surface area contributed by atoms with Gasteiger partial charge in [-0.3, -0.25) is 4.79 Å². The van der Waals surface area contributed by atoms with Gasteiger partial charge in [-0.25, -0.2) is 4.79 Å². The van der Waals surface area contributed by atoms with Gasteiger partial charge in [-0.05, 0) is 6.92 Å². The maximum atomic E-state index is 11.7. The van der Waals surface area contributed by atoms with Crippen molar-refractivity contribution in [1.82, 2.24) is 19.9 Å². The molecule has 0 radical (unpaired) electrons. The lowest BCUT2D eigenvalue weighted by molar-refractivity contribution is -0.129. The molecule has 1 aliphatic heterocycles. The molecule has 114 valence electrons. The van der Waals surface area contributed by atoms with Crippen LogP contribution in [0.1, 0.15) is 24.5 Å². The molecule has 0 spiro atoms. The van der Waals surface area contributed by atoms with E-state index in [1.54, 1.807) is 11.8 Å². The minimum Gasteiger partial charge on any atom is -0.460 e. The van der Waals surface area contributed by atoms with Crippen LogP contribution in [0, 0.1) is 0 Å². The van der Waals surface area contributed by atoms with Gasteiger partial charge in [0.15, 0.2) is 0 Å². The molecular formula is C12H18N6O3. The summed E-state index contributed by atoms with van der Waals surface area (Å²) >= 11 is 0. The Morgan fingerprint density at radius 2 is 1.86 bits per heavy atom.